The highest BCUT2D eigenvalue weighted by molar-refractivity contribution is 5.89. The van der Waals surface area contributed by atoms with Gasteiger partial charge in [0.1, 0.15) is 12.4 Å². The fourth-order valence-electron chi connectivity index (χ4n) is 3.49. The van der Waals surface area contributed by atoms with Crippen molar-refractivity contribution in [1.29, 1.82) is 0 Å². The maximum atomic E-state index is 12.7. The fourth-order valence-corrected chi connectivity index (χ4v) is 3.49. The van der Waals surface area contributed by atoms with Gasteiger partial charge in [0.05, 0.1) is 13.1 Å². The molecule has 1 aliphatic heterocycles. The number of nitrogens with zero attached hydrogens (tertiary/aromatic N) is 1. The highest BCUT2D eigenvalue weighted by atomic mass is 16.5. The van der Waals surface area contributed by atoms with E-state index in [1.165, 1.54) is 19.3 Å². The molecule has 0 radical (unpaired) electrons. The molecule has 1 aromatic rings. The number of amides is 4. The van der Waals surface area contributed by atoms with Gasteiger partial charge in [-0.2, -0.15) is 0 Å². The summed E-state index contributed by atoms with van der Waals surface area (Å²) >= 11 is 0. The minimum absolute atomic E-state index is 0.0320. The second kappa shape index (κ2) is 8.78. The minimum atomic E-state index is -0.242. The summed E-state index contributed by atoms with van der Waals surface area (Å²) in [6, 6.07) is 5.54. The van der Waals surface area contributed by atoms with E-state index in [0.29, 0.717) is 31.9 Å². The maximum Gasteiger partial charge on any atom is 0.319 e. The van der Waals surface area contributed by atoms with Crippen LogP contribution in [-0.4, -0.2) is 42.7 Å². The topological polar surface area (TPSA) is 82.7 Å². The number of hydrogen-bond donors (Lipinski definition) is 3. The molecule has 2 aliphatic rings. The Morgan fingerprint density at radius 2 is 2.04 bits per heavy atom. The lowest BCUT2D eigenvalue weighted by atomic mass is 9.96. The first kappa shape index (κ1) is 18.4. The Labute approximate surface area is 154 Å². The Hall–Kier alpha value is -2.44. The summed E-state index contributed by atoms with van der Waals surface area (Å²) in [4.78, 5) is 26.2. The number of carbonyl (C=O) groups is 2. The number of fused-ring (bicyclic) bond motifs is 1. The van der Waals surface area contributed by atoms with Gasteiger partial charge < -0.3 is 25.6 Å². The quantitative estimate of drug-likeness (QED) is 0.775. The predicted molar refractivity (Wildman–Crippen MR) is 100 cm³/mol. The predicted octanol–water partition coefficient (Wildman–Crippen LogP) is 3.06. The number of nitrogens with one attached hydrogen (secondary N) is 3. The zero-order valence-corrected chi connectivity index (χ0v) is 15.3. The van der Waals surface area contributed by atoms with Crippen molar-refractivity contribution in [2.24, 2.45) is 0 Å². The summed E-state index contributed by atoms with van der Waals surface area (Å²) in [6.07, 6.45) is 5.76. The highest BCUT2D eigenvalue weighted by Crippen LogP contribution is 2.27. The third-order valence-electron chi connectivity index (χ3n) is 4.86. The Balaban J connectivity index is 1.65. The van der Waals surface area contributed by atoms with Crippen LogP contribution >= 0.6 is 0 Å². The van der Waals surface area contributed by atoms with E-state index in [0.717, 1.165) is 24.2 Å². The van der Waals surface area contributed by atoms with Gasteiger partial charge in [-0.25, -0.2) is 9.59 Å². The van der Waals surface area contributed by atoms with Gasteiger partial charge in [0.25, 0.3) is 0 Å². The third-order valence-corrected chi connectivity index (χ3v) is 4.86. The van der Waals surface area contributed by atoms with Gasteiger partial charge in [0.15, 0.2) is 0 Å². The van der Waals surface area contributed by atoms with Crippen LogP contribution in [0, 0.1) is 0 Å². The van der Waals surface area contributed by atoms with E-state index in [1.54, 1.807) is 4.90 Å². The molecule has 7 nitrogen and oxygen atoms in total. The SMILES string of the molecule is CCNC(=O)Nc1ccc2c(c1)CN(C(=O)NC1CCCCC1)CCO2. The molecule has 142 valence electrons. The van der Waals surface area contributed by atoms with E-state index in [2.05, 4.69) is 16.0 Å². The summed E-state index contributed by atoms with van der Waals surface area (Å²) in [5.41, 5.74) is 1.59. The van der Waals surface area contributed by atoms with Gasteiger partial charge in [-0.15, -0.1) is 0 Å². The fraction of sp³-hybridized carbons (Fsp3) is 0.579. The van der Waals surface area contributed by atoms with Crippen molar-refractivity contribution in [2.45, 2.75) is 51.6 Å². The Morgan fingerprint density at radius 3 is 2.81 bits per heavy atom. The zero-order chi connectivity index (χ0) is 18.4. The minimum Gasteiger partial charge on any atom is -0.491 e. The van der Waals surface area contributed by atoms with Crippen LogP contribution in [0.25, 0.3) is 0 Å². The Bertz CT molecular complexity index is 644. The lowest BCUT2D eigenvalue weighted by Gasteiger charge is -2.27. The summed E-state index contributed by atoms with van der Waals surface area (Å²) in [5, 5.41) is 8.66. The molecule has 0 spiro atoms. The molecular weight excluding hydrogens is 332 g/mol. The Morgan fingerprint density at radius 1 is 1.23 bits per heavy atom. The molecule has 26 heavy (non-hydrogen) atoms. The maximum absolute atomic E-state index is 12.7. The van der Waals surface area contributed by atoms with E-state index in [4.69, 9.17) is 4.74 Å². The summed E-state index contributed by atoms with van der Waals surface area (Å²) in [6.45, 7) is 3.92. The number of carbonyl (C=O) groups excluding carboxylic acids is 2. The first-order valence-electron chi connectivity index (χ1n) is 9.51. The average molecular weight is 360 g/mol. The molecule has 0 aromatic heterocycles. The third kappa shape index (κ3) is 4.80. The first-order chi connectivity index (χ1) is 12.7. The van der Waals surface area contributed by atoms with Crippen molar-refractivity contribution >= 4 is 17.7 Å². The van der Waals surface area contributed by atoms with Gasteiger partial charge in [0.2, 0.25) is 0 Å². The molecular formula is C19H28N4O3. The molecule has 0 saturated heterocycles. The summed E-state index contributed by atoms with van der Waals surface area (Å²) in [5.74, 6) is 0.763. The van der Waals surface area contributed by atoms with Crippen molar-refractivity contribution in [2.75, 3.05) is 25.0 Å². The van der Waals surface area contributed by atoms with Crippen LogP contribution in [0.2, 0.25) is 0 Å². The van der Waals surface area contributed by atoms with Crippen LogP contribution in [-0.2, 0) is 6.54 Å². The molecule has 1 fully saturated rings. The molecule has 3 N–H and O–H groups in total. The van der Waals surface area contributed by atoms with Crippen LogP contribution in [0.5, 0.6) is 5.75 Å². The largest absolute Gasteiger partial charge is 0.491 e. The van der Waals surface area contributed by atoms with E-state index in [1.807, 2.05) is 25.1 Å². The first-order valence-corrected chi connectivity index (χ1v) is 9.51. The highest BCUT2D eigenvalue weighted by Gasteiger charge is 2.23. The smallest absolute Gasteiger partial charge is 0.319 e. The number of ether oxygens (including phenoxy) is 1. The van der Waals surface area contributed by atoms with Crippen molar-refractivity contribution in [3.05, 3.63) is 23.8 Å². The van der Waals surface area contributed by atoms with Gasteiger partial charge in [0, 0.05) is 23.8 Å². The molecule has 4 amide bonds. The summed E-state index contributed by atoms with van der Waals surface area (Å²) < 4.78 is 5.78. The zero-order valence-electron chi connectivity index (χ0n) is 15.3. The van der Waals surface area contributed by atoms with Crippen LogP contribution in [0.15, 0.2) is 18.2 Å². The molecule has 1 saturated carbocycles. The van der Waals surface area contributed by atoms with Crippen molar-refractivity contribution in [3.63, 3.8) is 0 Å². The molecule has 1 aromatic carbocycles. The normalized spacial score (nSPS) is 17.5. The number of hydrogen-bond acceptors (Lipinski definition) is 3. The molecule has 0 bridgehead atoms. The van der Waals surface area contributed by atoms with Gasteiger partial charge >= 0.3 is 12.1 Å². The second-order valence-electron chi connectivity index (χ2n) is 6.86. The summed E-state index contributed by atoms with van der Waals surface area (Å²) in [7, 11) is 0. The van der Waals surface area contributed by atoms with E-state index in [-0.39, 0.29) is 18.1 Å². The van der Waals surface area contributed by atoms with Crippen LogP contribution in [0.4, 0.5) is 15.3 Å². The molecule has 0 atom stereocenters. The van der Waals surface area contributed by atoms with Crippen molar-refractivity contribution < 1.29 is 14.3 Å². The van der Waals surface area contributed by atoms with Crippen LogP contribution < -0.4 is 20.7 Å². The molecule has 7 heteroatoms. The van der Waals surface area contributed by atoms with Gasteiger partial charge in [-0.3, -0.25) is 0 Å². The number of rotatable bonds is 3. The number of anilines is 1. The monoisotopic (exact) mass is 360 g/mol. The average Bonchev–Trinajstić information content (AvgIpc) is 2.85. The van der Waals surface area contributed by atoms with Gasteiger partial charge in [-0.1, -0.05) is 19.3 Å². The molecule has 1 aliphatic carbocycles. The standard InChI is InChI=1S/C19H28N4O3/c1-2-20-18(24)21-16-8-9-17-14(12-16)13-23(10-11-26-17)19(25)22-15-6-4-3-5-7-15/h8-9,12,15H,2-7,10-11,13H2,1H3,(H,22,25)(H2,20,21,24). The molecule has 1 heterocycles. The van der Waals surface area contributed by atoms with Crippen molar-refractivity contribution in [1.82, 2.24) is 15.5 Å². The number of urea groups is 2. The molecule has 0 unspecified atom stereocenters. The van der Waals surface area contributed by atoms with E-state index < -0.39 is 0 Å². The second-order valence-corrected chi connectivity index (χ2v) is 6.86. The van der Waals surface area contributed by atoms with Crippen molar-refractivity contribution in [3.8, 4) is 5.75 Å². The van der Waals surface area contributed by atoms with Crippen LogP contribution in [0.3, 0.4) is 0 Å². The molecule has 3 rings (SSSR count). The van der Waals surface area contributed by atoms with E-state index in [9.17, 15) is 9.59 Å². The lowest BCUT2D eigenvalue weighted by molar-refractivity contribution is 0.180. The lowest BCUT2D eigenvalue weighted by Crippen LogP contribution is -2.45. The Kier molecular flexibility index (Phi) is 6.20. The van der Waals surface area contributed by atoms with E-state index >= 15 is 0 Å². The van der Waals surface area contributed by atoms with Gasteiger partial charge in [-0.05, 0) is 38.0 Å². The number of benzene rings is 1. The van der Waals surface area contributed by atoms with Crippen LogP contribution in [0.1, 0.15) is 44.6 Å².